The molecule has 0 amide bonds. The first-order valence-electron chi connectivity index (χ1n) is 8.19. The van der Waals surface area contributed by atoms with Crippen LogP contribution in [0.1, 0.15) is 31.9 Å². The Bertz CT molecular complexity index is 436. The van der Waals surface area contributed by atoms with Crippen LogP contribution in [-0.4, -0.2) is 42.8 Å². The minimum Gasteiger partial charge on any atom is -0.496 e. The Kier molecular flexibility index (Phi) is 8.61. The monoisotopic (exact) mass is 342 g/mol. The molecule has 23 heavy (non-hydrogen) atoms. The number of benzene rings is 1. The van der Waals surface area contributed by atoms with Crippen LogP contribution in [-0.2, 0) is 19.7 Å². The van der Waals surface area contributed by atoms with Gasteiger partial charge < -0.3 is 22.8 Å². The van der Waals surface area contributed by atoms with Crippen LogP contribution in [0.4, 0.5) is 0 Å². The van der Waals surface area contributed by atoms with E-state index in [1.54, 1.807) is 14.2 Å². The molecule has 0 aliphatic rings. The van der Waals surface area contributed by atoms with Crippen LogP contribution < -0.4 is 9.47 Å². The van der Waals surface area contributed by atoms with Gasteiger partial charge >= 0.3 is 8.80 Å². The first-order valence-corrected chi connectivity index (χ1v) is 10.1. The maximum atomic E-state index is 5.90. The van der Waals surface area contributed by atoms with Crippen molar-refractivity contribution in [3.63, 3.8) is 0 Å². The molecule has 0 unspecified atom stereocenters. The lowest BCUT2D eigenvalue weighted by atomic mass is 10.1. The molecule has 132 valence electrons. The van der Waals surface area contributed by atoms with E-state index in [1.165, 1.54) is 0 Å². The van der Waals surface area contributed by atoms with E-state index in [2.05, 4.69) is 0 Å². The molecule has 0 heterocycles. The number of ether oxygens (including phenoxy) is 2. The van der Waals surface area contributed by atoms with Crippen LogP contribution >= 0.6 is 0 Å². The van der Waals surface area contributed by atoms with E-state index in [9.17, 15) is 0 Å². The number of aryl methyl sites for hydroxylation is 1. The average Bonchev–Trinajstić information content (AvgIpc) is 2.54. The number of methoxy groups -OCH3 is 2. The SMILES string of the molecule is CCO[Si](CCc1cc(OC)c(C)c(OC)c1)(OCC)OCC. The van der Waals surface area contributed by atoms with Gasteiger partial charge in [0.05, 0.1) is 14.2 Å². The molecule has 0 radical (unpaired) electrons. The van der Waals surface area contributed by atoms with Crippen LogP contribution in [0.3, 0.4) is 0 Å². The predicted octanol–water partition coefficient (Wildman–Crippen LogP) is 3.60. The van der Waals surface area contributed by atoms with Gasteiger partial charge in [-0.25, -0.2) is 0 Å². The first kappa shape index (κ1) is 20.0. The summed E-state index contributed by atoms with van der Waals surface area (Å²) in [6.07, 6.45) is 0.791. The molecule has 0 aliphatic carbocycles. The molecule has 0 aliphatic heterocycles. The van der Waals surface area contributed by atoms with Gasteiger partial charge in [-0.1, -0.05) is 0 Å². The van der Waals surface area contributed by atoms with Gasteiger partial charge in [0.2, 0.25) is 0 Å². The molecule has 0 saturated carbocycles. The highest BCUT2D eigenvalue weighted by atomic mass is 28.4. The zero-order chi connectivity index (χ0) is 17.3. The van der Waals surface area contributed by atoms with Crippen molar-refractivity contribution in [2.75, 3.05) is 34.0 Å². The number of hydrogen-bond donors (Lipinski definition) is 0. The zero-order valence-corrected chi connectivity index (χ0v) is 16.2. The van der Waals surface area contributed by atoms with Gasteiger partial charge in [-0.15, -0.1) is 0 Å². The van der Waals surface area contributed by atoms with E-state index in [0.29, 0.717) is 19.8 Å². The zero-order valence-electron chi connectivity index (χ0n) is 15.2. The number of hydrogen-bond acceptors (Lipinski definition) is 5. The summed E-state index contributed by atoms with van der Waals surface area (Å²) in [7, 11) is 0.715. The fraction of sp³-hybridized carbons (Fsp3) is 0.647. The Labute approximate surface area is 141 Å². The van der Waals surface area contributed by atoms with Gasteiger partial charge in [0.25, 0.3) is 0 Å². The van der Waals surface area contributed by atoms with Gasteiger partial charge in [0.15, 0.2) is 0 Å². The summed E-state index contributed by atoms with van der Waals surface area (Å²) in [5, 5.41) is 0. The summed E-state index contributed by atoms with van der Waals surface area (Å²) in [6.45, 7) is 9.67. The van der Waals surface area contributed by atoms with Crippen molar-refractivity contribution in [1.29, 1.82) is 0 Å². The van der Waals surface area contributed by atoms with E-state index in [4.69, 9.17) is 22.8 Å². The Balaban J connectivity index is 2.96. The van der Waals surface area contributed by atoms with Crippen molar-refractivity contribution in [2.24, 2.45) is 0 Å². The second-order valence-corrected chi connectivity index (χ2v) is 7.84. The Morgan fingerprint density at radius 1 is 0.826 bits per heavy atom. The van der Waals surface area contributed by atoms with Crippen molar-refractivity contribution >= 4 is 8.80 Å². The third kappa shape index (κ3) is 5.49. The van der Waals surface area contributed by atoms with Crippen molar-refractivity contribution in [3.05, 3.63) is 23.3 Å². The van der Waals surface area contributed by atoms with Crippen molar-refractivity contribution in [2.45, 2.75) is 40.2 Å². The molecule has 0 bridgehead atoms. The minimum absolute atomic E-state index is 0.590. The van der Waals surface area contributed by atoms with Crippen molar-refractivity contribution in [1.82, 2.24) is 0 Å². The van der Waals surface area contributed by atoms with Crippen molar-refractivity contribution in [3.8, 4) is 11.5 Å². The molecular weight excluding hydrogens is 312 g/mol. The van der Waals surface area contributed by atoms with Gasteiger partial charge in [-0.2, -0.15) is 0 Å². The molecule has 1 aromatic carbocycles. The first-order chi connectivity index (χ1) is 11.1. The van der Waals surface area contributed by atoms with Crippen LogP contribution in [0.5, 0.6) is 11.5 Å². The summed E-state index contributed by atoms with van der Waals surface area (Å²) in [4.78, 5) is 0. The van der Waals surface area contributed by atoms with Gasteiger partial charge in [-0.05, 0) is 51.8 Å². The third-order valence-electron chi connectivity index (χ3n) is 3.62. The molecule has 6 heteroatoms. The van der Waals surface area contributed by atoms with Crippen molar-refractivity contribution < 1.29 is 22.8 Å². The topological polar surface area (TPSA) is 46.2 Å². The van der Waals surface area contributed by atoms with E-state index in [-0.39, 0.29) is 0 Å². The molecule has 0 spiro atoms. The summed E-state index contributed by atoms with van der Waals surface area (Å²) in [5.41, 5.74) is 2.13. The maximum absolute atomic E-state index is 5.90. The lowest BCUT2D eigenvalue weighted by molar-refractivity contribution is 0.0714. The normalized spacial score (nSPS) is 11.6. The summed E-state index contributed by atoms with van der Waals surface area (Å²) in [6, 6.07) is 4.82. The molecule has 0 N–H and O–H groups in total. The van der Waals surface area contributed by atoms with Gasteiger partial charge in [-0.3, -0.25) is 0 Å². The number of rotatable bonds is 11. The van der Waals surface area contributed by atoms with Crippen LogP contribution in [0.2, 0.25) is 6.04 Å². The second kappa shape index (κ2) is 9.92. The van der Waals surface area contributed by atoms with E-state index in [0.717, 1.165) is 35.1 Å². The highest BCUT2D eigenvalue weighted by molar-refractivity contribution is 6.60. The van der Waals surface area contributed by atoms with Crippen LogP contribution in [0.25, 0.3) is 0 Å². The summed E-state index contributed by atoms with van der Waals surface area (Å²) in [5.74, 6) is 1.66. The quantitative estimate of drug-likeness (QED) is 0.575. The standard InChI is InChI=1S/C17H30O5Si/c1-7-20-23(21-8-2,22-9-3)11-10-15-12-16(18-5)14(4)17(13-15)19-6/h12-13H,7-11H2,1-6H3. The molecule has 0 saturated heterocycles. The Morgan fingerprint density at radius 3 is 1.61 bits per heavy atom. The van der Waals surface area contributed by atoms with Crippen LogP contribution in [0, 0.1) is 6.92 Å². The lowest BCUT2D eigenvalue weighted by Crippen LogP contribution is -2.46. The molecule has 1 aromatic rings. The van der Waals surface area contributed by atoms with Gasteiger partial charge in [0, 0.05) is 31.4 Å². The van der Waals surface area contributed by atoms with E-state index < -0.39 is 8.80 Å². The third-order valence-corrected chi connectivity index (χ3v) is 6.67. The Hall–Kier alpha value is -1.08. The van der Waals surface area contributed by atoms with E-state index in [1.807, 2.05) is 39.8 Å². The summed E-state index contributed by atoms with van der Waals surface area (Å²) >= 11 is 0. The van der Waals surface area contributed by atoms with E-state index >= 15 is 0 Å². The van der Waals surface area contributed by atoms with Gasteiger partial charge in [0.1, 0.15) is 11.5 Å². The predicted molar refractivity (Wildman–Crippen MR) is 93.4 cm³/mol. The highest BCUT2D eigenvalue weighted by Crippen LogP contribution is 2.31. The molecule has 0 fully saturated rings. The fourth-order valence-electron chi connectivity index (χ4n) is 2.58. The Morgan fingerprint density at radius 2 is 1.26 bits per heavy atom. The smallest absolute Gasteiger partial charge is 0.496 e. The molecular formula is C17H30O5Si. The minimum atomic E-state index is -2.63. The molecule has 0 aromatic heterocycles. The lowest BCUT2D eigenvalue weighted by Gasteiger charge is -2.28. The van der Waals surface area contributed by atoms with Crippen LogP contribution in [0.15, 0.2) is 12.1 Å². The average molecular weight is 343 g/mol. The summed E-state index contributed by atoms with van der Waals surface area (Å²) < 4.78 is 28.6. The molecule has 5 nitrogen and oxygen atoms in total. The largest absolute Gasteiger partial charge is 0.501 e. The molecule has 1 rings (SSSR count). The second-order valence-electron chi connectivity index (χ2n) is 5.11. The fourth-order valence-corrected chi connectivity index (χ4v) is 5.18. The maximum Gasteiger partial charge on any atom is 0.501 e. The highest BCUT2D eigenvalue weighted by Gasteiger charge is 2.39. The molecule has 0 atom stereocenters.